The Balaban J connectivity index is 2.04. The Labute approximate surface area is 89.8 Å². The Morgan fingerprint density at radius 2 is 2.20 bits per heavy atom. The van der Waals surface area contributed by atoms with Crippen molar-refractivity contribution in [2.45, 2.75) is 25.5 Å². The van der Waals surface area contributed by atoms with Crippen molar-refractivity contribution in [3.05, 3.63) is 35.9 Å². The third-order valence-corrected chi connectivity index (χ3v) is 2.73. The van der Waals surface area contributed by atoms with E-state index in [-0.39, 0.29) is 12.1 Å². The molecule has 1 fully saturated rings. The molecule has 0 bridgehead atoms. The summed E-state index contributed by atoms with van der Waals surface area (Å²) >= 11 is 0. The van der Waals surface area contributed by atoms with E-state index in [4.69, 9.17) is 10.1 Å². The van der Waals surface area contributed by atoms with Gasteiger partial charge in [0.05, 0.1) is 12.1 Å². The van der Waals surface area contributed by atoms with Crippen molar-refractivity contribution in [1.82, 2.24) is 5.06 Å². The Morgan fingerprint density at radius 1 is 1.47 bits per heavy atom. The molecule has 1 aliphatic rings. The van der Waals surface area contributed by atoms with Gasteiger partial charge >= 0.3 is 0 Å². The average Bonchev–Trinajstić information content (AvgIpc) is 2.78. The molecule has 1 aliphatic heterocycles. The second-order valence-electron chi connectivity index (χ2n) is 3.74. The van der Waals surface area contributed by atoms with E-state index in [9.17, 15) is 0 Å². The summed E-state index contributed by atoms with van der Waals surface area (Å²) in [7, 11) is 0. The molecule has 0 radical (unpaired) electrons. The lowest BCUT2D eigenvalue weighted by Gasteiger charge is -2.22. The van der Waals surface area contributed by atoms with E-state index in [1.165, 1.54) is 5.56 Å². The van der Waals surface area contributed by atoms with Crippen molar-refractivity contribution >= 4 is 0 Å². The third kappa shape index (κ3) is 2.17. The van der Waals surface area contributed by atoms with Crippen LogP contribution in [-0.4, -0.2) is 17.7 Å². The number of hydrogen-bond donors (Lipinski definition) is 0. The van der Waals surface area contributed by atoms with Gasteiger partial charge in [-0.25, -0.2) is 0 Å². The normalized spacial score (nSPS) is 23.6. The van der Waals surface area contributed by atoms with E-state index in [1.807, 2.05) is 23.3 Å². The minimum atomic E-state index is -0.267. The summed E-state index contributed by atoms with van der Waals surface area (Å²) in [6, 6.07) is 12.5. The molecule has 0 N–H and O–H groups in total. The fourth-order valence-electron chi connectivity index (χ4n) is 1.78. The second-order valence-corrected chi connectivity index (χ2v) is 3.74. The molecular weight excluding hydrogens is 188 g/mol. The predicted molar refractivity (Wildman–Crippen MR) is 56.7 cm³/mol. The monoisotopic (exact) mass is 202 g/mol. The largest absolute Gasteiger partial charge is 0.280 e. The van der Waals surface area contributed by atoms with Gasteiger partial charge < -0.3 is 0 Å². The van der Waals surface area contributed by atoms with Crippen LogP contribution in [0.3, 0.4) is 0 Å². The first-order valence-electron chi connectivity index (χ1n) is 5.19. The molecule has 1 saturated heterocycles. The molecule has 1 aromatic rings. The second kappa shape index (κ2) is 4.43. The molecule has 1 unspecified atom stereocenters. The maximum absolute atomic E-state index is 8.73. The molecule has 0 saturated carbocycles. The van der Waals surface area contributed by atoms with E-state index in [1.54, 1.807) is 0 Å². The highest BCUT2D eigenvalue weighted by Crippen LogP contribution is 2.25. The molecule has 0 spiro atoms. The third-order valence-electron chi connectivity index (χ3n) is 2.73. The standard InChI is InChI=1S/C12H14N2O/c1-10(11-5-3-2-4-6-11)14-8-7-12(9-13)15-14/h2-6,10,12H,7-8H2,1H3/t10-,12?/m0/s1. The summed E-state index contributed by atoms with van der Waals surface area (Å²) in [6.45, 7) is 2.92. The van der Waals surface area contributed by atoms with Crippen LogP contribution in [0.25, 0.3) is 0 Å². The molecule has 2 rings (SSSR count). The maximum Gasteiger partial charge on any atom is 0.166 e. The summed E-state index contributed by atoms with van der Waals surface area (Å²) < 4.78 is 0. The van der Waals surface area contributed by atoms with Gasteiger partial charge in [-0.1, -0.05) is 30.3 Å². The maximum atomic E-state index is 8.73. The quantitative estimate of drug-likeness (QED) is 0.738. The summed E-state index contributed by atoms with van der Waals surface area (Å²) in [5, 5.41) is 10.6. The first-order chi connectivity index (χ1) is 7.31. The molecule has 1 aromatic carbocycles. The predicted octanol–water partition coefficient (Wildman–Crippen LogP) is 2.28. The lowest BCUT2D eigenvalue weighted by Crippen LogP contribution is -2.23. The summed E-state index contributed by atoms with van der Waals surface area (Å²) in [5.74, 6) is 0. The Hall–Kier alpha value is -1.37. The van der Waals surface area contributed by atoms with Crippen molar-refractivity contribution in [1.29, 1.82) is 5.26 Å². The van der Waals surface area contributed by atoms with Crippen LogP contribution in [0, 0.1) is 11.3 Å². The number of nitrogens with zero attached hydrogens (tertiary/aromatic N) is 2. The summed E-state index contributed by atoms with van der Waals surface area (Å²) in [4.78, 5) is 5.50. The van der Waals surface area contributed by atoms with Gasteiger partial charge in [-0.15, -0.1) is 0 Å². The molecule has 78 valence electrons. The topological polar surface area (TPSA) is 36.3 Å². The molecule has 0 aromatic heterocycles. The van der Waals surface area contributed by atoms with E-state index >= 15 is 0 Å². The van der Waals surface area contributed by atoms with Gasteiger partial charge in [0.2, 0.25) is 0 Å². The van der Waals surface area contributed by atoms with E-state index < -0.39 is 0 Å². The summed E-state index contributed by atoms with van der Waals surface area (Å²) in [5.41, 5.74) is 1.22. The Kier molecular flexibility index (Phi) is 3.00. The first kappa shape index (κ1) is 10.2. The van der Waals surface area contributed by atoms with Gasteiger partial charge in [-0.2, -0.15) is 10.3 Å². The Bertz CT molecular complexity index is 358. The number of hydrogen-bond acceptors (Lipinski definition) is 3. The van der Waals surface area contributed by atoms with E-state index in [0.717, 1.165) is 13.0 Å². The molecule has 3 nitrogen and oxygen atoms in total. The zero-order chi connectivity index (χ0) is 10.7. The smallest absolute Gasteiger partial charge is 0.166 e. The lowest BCUT2D eigenvalue weighted by atomic mass is 10.1. The van der Waals surface area contributed by atoms with Crippen LogP contribution in [0.2, 0.25) is 0 Å². The SMILES string of the molecule is C[C@@H](c1ccccc1)N1CCC(C#N)O1. The number of rotatable bonds is 2. The number of hydroxylamine groups is 2. The zero-order valence-electron chi connectivity index (χ0n) is 8.76. The van der Waals surface area contributed by atoms with Crippen LogP contribution < -0.4 is 0 Å². The molecule has 2 atom stereocenters. The van der Waals surface area contributed by atoms with Gasteiger partial charge in [0.15, 0.2) is 6.10 Å². The zero-order valence-corrected chi connectivity index (χ0v) is 8.76. The van der Waals surface area contributed by atoms with Crippen LogP contribution >= 0.6 is 0 Å². The minimum Gasteiger partial charge on any atom is -0.280 e. The molecule has 15 heavy (non-hydrogen) atoms. The van der Waals surface area contributed by atoms with Crippen molar-refractivity contribution in [3.8, 4) is 6.07 Å². The highest BCUT2D eigenvalue weighted by atomic mass is 16.7. The van der Waals surface area contributed by atoms with Crippen LogP contribution in [0.4, 0.5) is 0 Å². The minimum absolute atomic E-state index is 0.213. The van der Waals surface area contributed by atoms with Crippen LogP contribution in [-0.2, 0) is 4.84 Å². The molecule has 0 aliphatic carbocycles. The first-order valence-corrected chi connectivity index (χ1v) is 5.19. The average molecular weight is 202 g/mol. The van der Waals surface area contributed by atoms with Gasteiger partial charge in [0.1, 0.15) is 0 Å². The van der Waals surface area contributed by atoms with Crippen LogP contribution in [0.15, 0.2) is 30.3 Å². The van der Waals surface area contributed by atoms with Crippen LogP contribution in [0.5, 0.6) is 0 Å². The molecule has 1 heterocycles. The highest BCUT2D eigenvalue weighted by Gasteiger charge is 2.27. The van der Waals surface area contributed by atoms with E-state index in [0.29, 0.717) is 0 Å². The van der Waals surface area contributed by atoms with Crippen LogP contribution in [0.1, 0.15) is 24.9 Å². The molecular formula is C12H14N2O. The van der Waals surface area contributed by atoms with Crippen molar-refractivity contribution < 1.29 is 4.84 Å². The van der Waals surface area contributed by atoms with Crippen molar-refractivity contribution in [2.24, 2.45) is 0 Å². The van der Waals surface area contributed by atoms with Crippen molar-refractivity contribution in [2.75, 3.05) is 6.54 Å². The van der Waals surface area contributed by atoms with E-state index in [2.05, 4.69) is 25.1 Å². The Morgan fingerprint density at radius 3 is 2.80 bits per heavy atom. The van der Waals surface area contributed by atoms with Gasteiger partial charge in [0, 0.05) is 13.0 Å². The highest BCUT2D eigenvalue weighted by molar-refractivity contribution is 5.18. The van der Waals surface area contributed by atoms with Gasteiger partial charge in [-0.3, -0.25) is 4.84 Å². The summed E-state index contributed by atoms with van der Waals surface area (Å²) in [6.07, 6.45) is 0.532. The van der Waals surface area contributed by atoms with Gasteiger partial charge in [0.25, 0.3) is 0 Å². The number of nitriles is 1. The van der Waals surface area contributed by atoms with Gasteiger partial charge in [-0.05, 0) is 12.5 Å². The fraction of sp³-hybridized carbons (Fsp3) is 0.417. The molecule has 3 heteroatoms. The fourth-order valence-corrected chi connectivity index (χ4v) is 1.78. The van der Waals surface area contributed by atoms with Crippen molar-refractivity contribution in [3.63, 3.8) is 0 Å². The number of benzene rings is 1. The molecule has 0 amide bonds. The lowest BCUT2D eigenvalue weighted by molar-refractivity contribution is -0.156.